The molecule has 0 N–H and O–H groups in total. The Balaban J connectivity index is 1.80. The molecule has 6 nitrogen and oxygen atoms in total. The van der Waals surface area contributed by atoms with E-state index in [2.05, 4.69) is 13.7 Å². The van der Waals surface area contributed by atoms with Crippen molar-refractivity contribution < 1.29 is 8.42 Å². The minimum Gasteiger partial charge on any atom is -0.265 e. The molecule has 0 saturated carbocycles. The fourth-order valence-corrected chi connectivity index (χ4v) is 5.50. The topological polar surface area (TPSA) is 76.1 Å². The molecule has 1 aliphatic heterocycles. The molecule has 4 rings (SSSR count). The van der Waals surface area contributed by atoms with Gasteiger partial charge in [-0.25, -0.2) is 8.42 Å². The molecule has 118 valence electrons. The number of sulfonamides is 1. The third-order valence-electron chi connectivity index (χ3n) is 4.13. The Morgan fingerprint density at radius 3 is 2.78 bits per heavy atom. The van der Waals surface area contributed by atoms with Gasteiger partial charge in [-0.3, -0.25) is 4.98 Å². The molecule has 0 amide bonds. The van der Waals surface area contributed by atoms with Crippen LogP contribution in [0.3, 0.4) is 0 Å². The number of hydrogen-bond acceptors (Lipinski definition) is 6. The van der Waals surface area contributed by atoms with E-state index in [0.29, 0.717) is 17.6 Å². The zero-order valence-electron chi connectivity index (χ0n) is 12.2. The molecule has 0 radical (unpaired) electrons. The van der Waals surface area contributed by atoms with Gasteiger partial charge in [-0.2, -0.15) is 13.1 Å². The zero-order valence-corrected chi connectivity index (χ0v) is 13.8. The lowest BCUT2D eigenvalue weighted by atomic mass is 10.1. The summed E-state index contributed by atoms with van der Waals surface area (Å²) in [6, 6.07) is 8.72. The van der Waals surface area contributed by atoms with Crippen molar-refractivity contribution in [2.75, 3.05) is 6.54 Å². The molecule has 0 bridgehead atoms. The first-order chi connectivity index (χ1) is 11.2. The van der Waals surface area contributed by atoms with Gasteiger partial charge in [0, 0.05) is 18.9 Å². The summed E-state index contributed by atoms with van der Waals surface area (Å²) in [5.41, 5.74) is 2.05. The summed E-state index contributed by atoms with van der Waals surface area (Å²) in [7, 11) is -3.62. The Labute approximate surface area is 138 Å². The Morgan fingerprint density at radius 1 is 1.13 bits per heavy atom. The summed E-state index contributed by atoms with van der Waals surface area (Å²) in [4.78, 5) is 4.25. The van der Waals surface area contributed by atoms with Crippen LogP contribution >= 0.6 is 11.7 Å². The predicted molar refractivity (Wildman–Crippen MR) is 87.5 cm³/mol. The molecule has 1 aliphatic rings. The van der Waals surface area contributed by atoms with E-state index in [9.17, 15) is 8.42 Å². The zero-order chi connectivity index (χ0) is 15.9. The minimum atomic E-state index is -3.62. The van der Waals surface area contributed by atoms with Crippen LogP contribution in [0.1, 0.15) is 24.4 Å². The highest BCUT2D eigenvalue weighted by molar-refractivity contribution is 7.89. The standard InChI is InChI=1S/C15H14N4O2S2/c20-23(21,14-5-1-3-12-15(14)18-22-17-12)19-10-2-4-13(19)11-6-8-16-9-7-11/h1,3,5-9,13H,2,4,10H2/t13-/m0/s1. The highest BCUT2D eigenvalue weighted by atomic mass is 32.2. The number of aromatic nitrogens is 3. The number of nitrogens with zero attached hydrogens (tertiary/aromatic N) is 4. The van der Waals surface area contributed by atoms with E-state index in [1.54, 1.807) is 34.9 Å². The fourth-order valence-electron chi connectivity index (χ4n) is 3.06. The van der Waals surface area contributed by atoms with E-state index in [0.717, 1.165) is 30.1 Å². The van der Waals surface area contributed by atoms with Crippen molar-refractivity contribution in [3.05, 3.63) is 48.3 Å². The molecule has 0 aliphatic carbocycles. The quantitative estimate of drug-likeness (QED) is 0.729. The number of benzene rings is 1. The summed E-state index contributed by atoms with van der Waals surface area (Å²) >= 11 is 1.03. The Hall–Kier alpha value is -1.90. The summed E-state index contributed by atoms with van der Waals surface area (Å²) < 4.78 is 36.2. The highest BCUT2D eigenvalue weighted by Crippen LogP contribution is 2.37. The maximum Gasteiger partial charge on any atom is 0.245 e. The van der Waals surface area contributed by atoms with Crippen LogP contribution in [0.2, 0.25) is 0 Å². The first-order valence-electron chi connectivity index (χ1n) is 7.31. The second kappa shape index (κ2) is 5.63. The van der Waals surface area contributed by atoms with Gasteiger partial charge in [-0.15, -0.1) is 0 Å². The fraction of sp³-hybridized carbons (Fsp3) is 0.267. The van der Waals surface area contributed by atoms with E-state index < -0.39 is 10.0 Å². The maximum absolute atomic E-state index is 13.2. The molecule has 8 heteroatoms. The van der Waals surface area contributed by atoms with Crippen molar-refractivity contribution in [2.45, 2.75) is 23.8 Å². The minimum absolute atomic E-state index is 0.148. The molecule has 23 heavy (non-hydrogen) atoms. The summed E-state index contributed by atoms with van der Waals surface area (Å²) in [6.07, 6.45) is 5.05. The second-order valence-electron chi connectivity index (χ2n) is 5.44. The average Bonchev–Trinajstić information content (AvgIpc) is 3.24. The molecular formula is C15H14N4O2S2. The van der Waals surface area contributed by atoms with Crippen molar-refractivity contribution in [1.82, 2.24) is 18.0 Å². The van der Waals surface area contributed by atoms with Crippen molar-refractivity contribution in [3.63, 3.8) is 0 Å². The van der Waals surface area contributed by atoms with Gasteiger partial charge in [0.1, 0.15) is 15.9 Å². The summed E-state index contributed by atoms with van der Waals surface area (Å²) in [5.74, 6) is 0. The molecule has 1 atom stereocenters. The van der Waals surface area contributed by atoms with E-state index in [1.165, 1.54) is 0 Å². The van der Waals surface area contributed by atoms with Gasteiger partial charge in [0.05, 0.1) is 17.8 Å². The summed E-state index contributed by atoms with van der Waals surface area (Å²) in [6.45, 7) is 0.517. The Bertz CT molecular complexity index is 940. The van der Waals surface area contributed by atoms with Gasteiger partial charge in [-0.05, 0) is 42.7 Å². The molecule has 0 unspecified atom stereocenters. The molecule has 3 heterocycles. The number of rotatable bonds is 3. The van der Waals surface area contributed by atoms with E-state index in [4.69, 9.17) is 0 Å². The smallest absolute Gasteiger partial charge is 0.245 e. The van der Waals surface area contributed by atoms with E-state index in [-0.39, 0.29) is 10.9 Å². The van der Waals surface area contributed by atoms with Gasteiger partial charge in [0.25, 0.3) is 0 Å². The molecule has 1 aromatic carbocycles. The Kier molecular flexibility index (Phi) is 3.59. The van der Waals surface area contributed by atoms with Crippen molar-refractivity contribution in [1.29, 1.82) is 0 Å². The monoisotopic (exact) mass is 346 g/mol. The molecule has 1 fully saturated rings. The van der Waals surface area contributed by atoms with Gasteiger partial charge in [0.2, 0.25) is 10.0 Å². The van der Waals surface area contributed by atoms with Crippen LogP contribution in [0.4, 0.5) is 0 Å². The number of pyridine rings is 1. The molecule has 3 aromatic rings. The molecule has 1 saturated heterocycles. The third-order valence-corrected chi connectivity index (χ3v) is 6.61. The van der Waals surface area contributed by atoms with Crippen LogP contribution in [0.5, 0.6) is 0 Å². The van der Waals surface area contributed by atoms with E-state index in [1.807, 2.05) is 12.1 Å². The second-order valence-corrected chi connectivity index (χ2v) is 7.83. The lowest BCUT2D eigenvalue weighted by Crippen LogP contribution is -2.30. The Morgan fingerprint density at radius 2 is 1.96 bits per heavy atom. The van der Waals surface area contributed by atoms with Crippen LogP contribution in [0.25, 0.3) is 11.0 Å². The largest absolute Gasteiger partial charge is 0.265 e. The van der Waals surface area contributed by atoms with Crippen molar-refractivity contribution >= 4 is 32.8 Å². The number of hydrogen-bond donors (Lipinski definition) is 0. The van der Waals surface area contributed by atoms with Gasteiger partial charge < -0.3 is 0 Å². The van der Waals surface area contributed by atoms with E-state index >= 15 is 0 Å². The van der Waals surface area contributed by atoms with Crippen LogP contribution in [0.15, 0.2) is 47.6 Å². The molecule has 0 spiro atoms. The normalized spacial score (nSPS) is 19.4. The van der Waals surface area contributed by atoms with Crippen LogP contribution in [-0.4, -0.2) is 33.0 Å². The molecule has 2 aromatic heterocycles. The highest BCUT2D eigenvalue weighted by Gasteiger charge is 2.37. The SMILES string of the molecule is O=S(=O)(c1cccc2nsnc12)N1CCC[C@H]1c1ccncc1. The van der Waals surface area contributed by atoms with Crippen molar-refractivity contribution in [3.8, 4) is 0 Å². The van der Waals surface area contributed by atoms with Crippen LogP contribution in [-0.2, 0) is 10.0 Å². The predicted octanol–water partition coefficient (Wildman–Crippen LogP) is 2.61. The summed E-state index contributed by atoms with van der Waals surface area (Å²) in [5, 5.41) is 0. The maximum atomic E-state index is 13.2. The van der Waals surface area contributed by atoms with Crippen LogP contribution < -0.4 is 0 Å². The van der Waals surface area contributed by atoms with Gasteiger partial charge >= 0.3 is 0 Å². The third kappa shape index (κ3) is 2.43. The first-order valence-corrected chi connectivity index (χ1v) is 9.48. The average molecular weight is 346 g/mol. The van der Waals surface area contributed by atoms with Gasteiger partial charge in [0.15, 0.2) is 0 Å². The lowest BCUT2D eigenvalue weighted by molar-refractivity contribution is 0.397. The first kappa shape index (κ1) is 14.7. The molecular weight excluding hydrogens is 332 g/mol. The van der Waals surface area contributed by atoms with Gasteiger partial charge in [-0.1, -0.05) is 6.07 Å². The number of fused-ring (bicyclic) bond motifs is 1. The van der Waals surface area contributed by atoms with Crippen molar-refractivity contribution in [2.24, 2.45) is 0 Å². The van der Waals surface area contributed by atoms with Crippen LogP contribution in [0, 0.1) is 0 Å². The lowest BCUT2D eigenvalue weighted by Gasteiger charge is -2.24.